The van der Waals surface area contributed by atoms with Crippen LogP contribution in [0.5, 0.6) is 0 Å². The molecule has 5 heteroatoms. The number of aromatic amines is 1. The Kier molecular flexibility index (Phi) is 3.06. The van der Waals surface area contributed by atoms with Crippen molar-refractivity contribution in [2.75, 3.05) is 6.54 Å². The van der Waals surface area contributed by atoms with E-state index in [4.69, 9.17) is 4.52 Å². The second kappa shape index (κ2) is 5.01. The van der Waals surface area contributed by atoms with Gasteiger partial charge >= 0.3 is 0 Å². The van der Waals surface area contributed by atoms with Crippen molar-refractivity contribution in [3.63, 3.8) is 0 Å². The molecule has 0 aliphatic rings. The first-order valence-corrected chi connectivity index (χ1v) is 5.95. The normalized spacial score (nSPS) is 11.1. The van der Waals surface area contributed by atoms with Gasteiger partial charge < -0.3 is 14.8 Å². The maximum atomic E-state index is 4.94. The predicted octanol–water partition coefficient (Wildman–Crippen LogP) is 1.88. The maximum absolute atomic E-state index is 4.94. The van der Waals surface area contributed by atoms with Crippen molar-refractivity contribution in [2.24, 2.45) is 0 Å². The summed E-state index contributed by atoms with van der Waals surface area (Å²) in [5.41, 5.74) is 2.46. The molecule has 2 heterocycles. The van der Waals surface area contributed by atoms with Gasteiger partial charge in [-0.15, -0.1) is 0 Å². The van der Waals surface area contributed by atoms with Gasteiger partial charge in [-0.05, 0) is 17.0 Å². The third-order valence-corrected chi connectivity index (χ3v) is 2.91. The molecule has 5 nitrogen and oxygen atoms in total. The van der Waals surface area contributed by atoms with E-state index in [1.165, 1.54) is 22.8 Å². The van der Waals surface area contributed by atoms with E-state index in [1.54, 1.807) is 0 Å². The minimum atomic E-state index is 0.667. The summed E-state index contributed by atoms with van der Waals surface area (Å²) >= 11 is 0. The van der Waals surface area contributed by atoms with Crippen LogP contribution in [0.4, 0.5) is 0 Å². The van der Waals surface area contributed by atoms with Gasteiger partial charge in [0.25, 0.3) is 0 Å². The molecule has 0 saturated carbocycles. The number of H-pyrrole nitrogens is 1. The van der Waals surface area contributed by atoms with Gasteiger partial charge in [-0.2, -0.15) is 4.98 Å². The van der Waals surface area contributed by atoms with Crippen molar-refractivity contribution >= 4 is 10.9 Å². The summed E-state index contributed by atoms with van der Waals surface area (Å²) in [6.07, 6.45) is 4.14. The van der Waals surface area contributed by atoms with Gasteiger partial charge in [-0.3, -0.25) is 0 Å². The molecule has 92 valence electrons. The Labute approximate surface area is 104 Å². The van der Waals surface area contributed by atoms with Gasteiger partial charge in [0, 0.05) is 31.2 Å². The molecule has 0 unspecified atom stereocenters. The number of nitrogens with one attached hydrogen (secondary N) is 2. The van der Waals surface area contributed by atoms with Crippen LogP contribution in [0.25, 0.3) is 10.9 Å². The Hall–Kier alpha value is -2.14. The zero-order valence-corrected chi connectivity index (χ0v) is 9.89. The molecule has 2 N–H and O–H groups in total. The molecular weight excluding hydrogens is 228 g/mol. The van der Waals surface area contributed by atoms with Gasteiger partial charge in [0.05, 0.1) is 0 Å². The van der Waals surface area contributed by atoms with E-state index in [1.807, 2.05) is 6.20 Å². The number of nitrogens with zero attached hydrogens (tertiary/aromatic N) is 2. The fourth-order valence-corrected chi connectivity index (χ4v) is 2.02. The fourth-order valence-electron chi connectivity index (χ4n) is 2.02. The number of para-hydroxylation sites is 1. The van der Waals surface area contributed by atoms with Crippen molar-refractivity contribution in [3.8, 4) is 0 Å². The predicted molar refractivity (Wildman–Crippen MR) is 68.0 cm³/mol. The maximum Gasteiger partial charge on any atom is 0.227 e. The average Bonchev–Trinajstić information content (AvgIpc) is 3.05. The summed E-state index contributed by atoms with van der Waals surface area (Å²) in [5, 5.41) is 8.19. The van der Waals surface area contributed by atoms with Crippen LogP contribution in [0.15, 0.2) is 41.3 Å². The Morgan fingerprint density at radius 3 is 3.17 bits per heavy atom. The molecule has 0 amide bonds. The Bertz CT molecular complexity index is 615. The Morgan fingerprint density at radius 2 is 2.28 bits per heavy atom. The largest absolute Gasteiger partial charge is 0.361 e. The van der Waals surface area contributed by atoms with Gasteiger partial charge in [0.2, 0.25) is 5.89 Å². The van der Waals surface area contributed by atoms with Crippen LogP contribution in [-0.2, 0) is 13.0 Å². The monoisotopic (exact) mass is 242 g/mol. The van der Waals surface area contributed by atoms with Gasteiger partial charge in [0.1, 0.15) is 0 Å². The number of benzene rings is 1. The molecule has 3 rings (SSSR count). The van der Waals surface area contributed by atoms with Crippen LogP contribution in [0.3, 0.4) is 0 Å². The molecule has 0 aliphatic heterocycles. The van der Waals surface area contributed by atoms with Crippen LogP contribution >= 0.6 is 0 Å². The highest BCUT2D eigenvalue weighted by Crippen LogP contribution is 2.16. The highest BCUT2D eigenvalue weighted by molar-refractivity contribution is 5.82. The molecule has 18 heavy (non-hydrogen) atoms. The van der Waals surface area contributed by atoms with Crippen molar-refractivity contribution in [1.82, 2.24) is 20.4 Å². The van der Waals surface area contributed by atoms with Gasteiger partial charge in [0.15, 0.2) is 6.33 Å². The lowest BCUT2D eigenvalue weighted by Crippen LogP contribution is -2.17. The third-order valence-electron chi connectivity index (χ3n) is 2.91. The molecule has 0 bridgehead atoms. The molecule has 0 fully saturated rings. The zero-order valence-electron chi connectivity index (χ0n) is 9.89. The summed E-state index contributed by atoms with van der Waals surface area (Å²) in [6, 6.07) is 8.38. The lowest BCUT2D eigenvalue weighted by Gasteiger charge is -2.04. The quantitative estimate of drug-likeness (QED) is 0.670. The summed E-state index contributed by atoms with van der Waals surface area (Å²) in [7, 11) is 0. The van der Waals surface area contributed by atoms with Crippen molar-refractivity contribution < 1.29 is 4.52 Å². The van der Waals surface area contributed by atoms with Gasteiger partial charge in [-0.25, -0.2) is 0 Å². The van der Waals surface area contributed by atoms with E-state index in [-0.39, 0.29) is 0 Å². The van der Waals surface area contributed by atoms with E-state index >= 15 is 0 Å². The van der Waals surface area contributed by atoms with E-state index in [9.17, 15) is 0 Å². The first-order chi connectivity index (χ1) is 8.93. The first-order valence-electron chi connectivity index (χ1n) is 5.95. The molecule has 1 aromatic carbocycles. The molecule has 0 saturated heterocycles. The minimum Gasteiger partial charge on any atom is -0.361 e. The van der Waals surface area contributed by atoms with E-state index in [2.05, 4.69) is 44.7 Å². The zero-order chi connectivity index (χ0) is 12.2. The number of fused-ring (bicyclic) bond motifs is 1. The van der Waals surface area contributed by atoms with Crippen LogP contribution in [-0.4, -0.2) is 21.7 Å². The molecule has 2 aromatic heterocycles. The summed E-state index contributed by atoms with van der Waals surface area (Å²) < 4.78 is 4.94. The van der Waals surface area contributed by atoms with Crippen LogP contribution < -0.4 is 5.32 Å². The van der Waals surface area contributed by atoms with Crippen LogP contribution in [0.1, 0.15) is 11.5 Å². The number of hydrogen-bond donors (Lipinski definition) is 2. The molecule has 0 atom stereocenters. The second-order valence-electron chi connectivity index (χ2n) is 4.12. The van der Waals surface area contributed by atoms with E-state index in [0.717, 1.165) is 19.5 Å². The second-order valence-corrected chi connectivity index (χ2v) is 4.12. The SMILES string of the molecule is c1cc(CNCCc2ncno2)c2[nH]ccc2c1. The standard InChI is InChI=1S/C13H14N4O/c1-2-10-4-7-15-13(10)11(3-1)8-14-6-5-12-16-9-17-18-12/h1-4,7,9,14-15H,5-6,8H2. The lowest BCUT2D eigenvalue weighted by molar-refractivity contribution is 0.375. The fraction of sp³-hybridized carbons (Fsp3) is 0.231. The smallest absolute Gasteiger partial charge is 0.227 e. The van der Waals surface area contributed by atoms with Crippen LogP contribution in [0.2, 0.25) is 0 Å². The number of hydrogen-bond acceptors (Lipinski definition) is 4. The molecule has 0 radical (unpaired) electrons. The van der Waals surface area contributed by atoms with Crippen molar-refractivity contribution in [3.05, 3.63) is 48.2 Å². The third kappa shape index (κ3) is 2.26. The van der Waals surface area contributed by atoms with E-state index < -0.39 is 0 Å². The van der Waals surface area contributed by atoms with Crippen molar-refractivity contribution in [2.45, 2.75) is 13.0 Å². The molecule has 0 aliphatic carbocycles. The summed E-state index contributed by atoms with van der Waals surface area (Å²) in [6.45, 7) is 1.64. The number of rotatable bonds is 5. The number of aromatic nitrogens is 3. The Morgan fingerprint density at radius 1 is 1.28 bits per heavy atom. The summed E-state index contributed by atoms with van der Waals surface area (Å²) in [5.74, 6) is 0.667. The molecule has 0 spiro atoms. The summed E-state index contributed by atoms with van der Waals surface area (Å²) in [4.78, 5) is 7.24. The van der Waals surface area contributed by atoms with Crippen LogP contribution in [0, 0.1) is 0 Å². The molecular formula is C13H14N4O. The van der Waals surface area contributed by atoms with E-state index in [0.29, 0.717) is 5.89 Å². The lowest BCUT2D eigenvalue weighted by atomic mass is 10.1. The topological polar surface area (TPSA) is 66.7 Å². The van der Waals surface area contributed by atoms with Crippen molar-refractivity contribution in [1.29, 1.82) is 0 Å². The minimum absolute atomic E-state index is 0.667. The molecule has 3 aromatic rings. The average molecular weight is 242 g/mol. The van der Waals surface area contributed by atoms with Gasteiger partial charge in [-0.1, -0.05) is 23.4 Å². The highest BCUT2D eigenvalue weighted by Gasteiger charge is 2.02. The Balaban J connectivity index is 1.58. The first kappa shape index (κ1) is 11.0. The highest BCUT2D eigenvalue weighted by atomic mass is 16.5.